The summed E-state index contributed by atoms with van der Waals surface area (Å²) in [7, 11) is 0. The molecule has 1 fully saturated rings. The van der Waals surface area contributed by atoms with Crippen molar-refractivity contribution in [1.82, 2.24) is 24.6 Å². The molecule has 0 saturated carbocycles. The number of fused-ring (bicyclic) bond motifs is 2. The lowest BCUT2D eigenvalue weighted by Gasteiger charge is -2.30. The molecular weight excluding hydrogens is 388 g/mol. The van der Waals surface area contributed by atoms with Gasteiger partial charge in [-0.05, 0) is 30.4 Å². The quantitative estimate of drug-likeness (QED) is 0.515. The lowest BCUT2D eigenvalue weighted by Crippen LogP contribution is -2.40. The number of benzene rings is 1. The van der Waals surface area contributed by atoms with E-state index in [-0.39, 0.29) is 6.04 Å². The first-order valence-electron chi connectivity index (χ1n) is 10.9. The molecule has 160 valence electrons. The number of nitrogens with zero attached hydrogens (tertiary/aromatic N) is 6. The minimum absolute atomic E-state index is 0.262. The normalized spacial score (nSPS) is 15.3. The Morgan fingerprint density at radius 3 is 2.74 bits per heavy atom. The molecule has 1 aromatic carbocycles. The first-order chi connectivity index (χ1) is 15.1. The summed E-state index contributed by atoms with van der Waals surface area (Å²) in [5.41, 5.74) is 10.2. The Bertz CT molecular complexity index is 1200. The summed E-state index contributed by atoms with van der Waals surface area (Å²) in [5.74, 6) is 1.75. The van der Waals surface area contributed by atoms with Crippen molar-refractivity contribution in [3.8, 4) is 0 Å². The maximum absolute atomic E-state index is 6.10. The number of rotatable bonds is 5. The fourth-order valence-electron chi connectivity index (χ4n) is 4.13. The van der Waals surface area contributed by atoms with Gasteiger partial charge in [0.15, 0.2) is 5.65 Å². The highest BCUT2D eigenvalue weighted by Gasteiger charge is 2.22. The molecule has 0 bridgehead atoms. The SMILES string of the molecule is CC(C)c1cnn2c(NCc3cccc4cccnc34)nc(N3CCC(N)CC3)nc12. The summed E-state index contributed by atoms with van der Waals surface area (Å²) < 4.78 is 1.81. The van der Waals surface area contributed by atoms with Crippen LogP contribution in [0.25, 0.3) is 16.6 Å². The van der Waals surface area contributed by atoms with E-state index in [0.29, 0.717) is 18.4 Å². The van der Waals surface area contributed by atoms with Crippen LogP contribution in [0.4, 0.5) is 11.9 Å². The Morgan fingerprint density at radius 2 is 1.94 bits per heavy atom. The summed E-state index contributed by atoms with van der Waals surface area (Å²) in [6.07, 6.45) is 5.64. The monoisotopic (exact) mass is 416 g/mol. The molecule has 8 nitrogen and oxygen atoms in total. The smallest absolute Gasteiger partial charge is 0.230 e. The minimum atomic E-state index is 0.262. The van der Waals surface area contributed by atoms with Crippen molar-refractivity contribution in [2.45, 2.75) is 45.2 Å². The van der Waals surface area contributed by atoms with E-state index in [9.17, 15) is 0 Å². The lowest BCUT2D eigenvalue weighted by molar-refractivity contribution is 0.495. The predicted molar refractivity (Wildman–Crippen MR) is 123 cm³/mol. The number of anilines is 2. The van der Waals surface area contributed by atoms with Crippen LogP contribution in [0.3, 0.4) is 0 Å². The van der Waals surface area contributed by atoms with Crippen molar-refractivity contribution in [2.24, 2.45) is 5.73 Å². The van der Waals surface area contributed by atoms with Crippen molar-refractivity contribution in [3.05, 3.63) is 53.9 Å². The van der Waals surface area contributed by atoms with Crippen molar-refractivity contribution >= 4 is 28.4 Å². The second kappa shape index (κ2) is 8.11. The largest absolute Gasteiger partial charge is 0.350 e. The van der Waals surface area contributed by atoms with E-state index in [0.717, 1.165) is 59.6 Å². The summed E-state index contributed by atoms with van der Waals surface area (Å²) >= 11 is 0. The molecule has 1 aliphatic rings. The molecule has 4 aromatic rings. The highest BCUT2D eigenvalue weighted by atomic mass is 15.4. The van der Waals surface area contributed by atoms with Crippen LogP contribution < -0.4 is 16.0 Å². The van der Waals surface area contributed by atoms with Gasteiger partial charge in [-0.1, -0.05) is 38.1 Å². The van der Waals surface area contributed by atoms with E-state index in [1.807, 2.05) is 23.0 Å². The van der Waals surface area contributed by atoms with E-state index in [1.165, 1.54) is 0 Å². The summed E-state index contributed by atoms with van der Waals surface area (Å²) in [4.78, 5) is 16.5. The highest BCUT2D eigenvalue weighted by molar-refractivity contribution is 5.81. The molecule has 0 unspecified atom stereocenters. The zero-order valence-electron chi connectivity index (χ0n) is 18.0. The van der Waals surface area contributed by atoms with Gasteiger partial charge >= 0.3 is 0 Å². The van der Waals surface area contributed by atoms with Gasteiger partial charge < -0.3 is 16.0 Å². The molecule has 8 heteroatoms. The maximum Gasteiger partial charge on any atom is 0.230 e. The van der Waals surface area contributed by atoms with Crippen LogP contribution in [-0.2, 0) is 6.54 Å². The van der Waals surface area contributed by atoms with Gasteiger partial charge in [-0.2, -0.15) is 19.6 Å². The van der Waals surface area contributed by atoms with Crippen LogP contribution in [0.5, 0.6) is 0 Å². The number of aromatic nitrogens is 5. The van der Waals surface area contributed by atoms with Gasteiger partial charge in [0, 0.05) is 42.8 Å². The van der Waals surface area contributed by atoms with Gasteiger partial charge in [0.25, 0.3) is 0 Å². The number of nitrogens with one attached hydrogen (secondary N) is 1. The molecule has 0 aliphatic carbocycles. The Kier molecular flexibility index (Phi) is 5.15. The second-order valence-corrected chi connectivity index (χ2v) is 8.51. The third-order valence-corrected chi connectivity index (χ3v) is 5.98. The number of pyridine rings is 1. The first-order valence-corrected chi connectivity index (χ1v) is 10.9. The van der Waals surface area contributed by atoms with E-state index in [4.69, 9.17) is 15.7 Å². The van der Waals surface area contributed by atoms with E-state index in [2.05, 4.69) is 58.4 Å². The third kappa shape index (κ3) is 3.79. The summed E-state index contributed by atoms with van der Waals surface area (Å²) in [6.45, 7) is 6.66. The Labute approximate surface area is 181 Å². The molecule has 31 heavy (non-hydrogen) atoms. The standard InChI is InChI=1S/C23H28N8/c1-15(2)19-14-27-31-21(19)28-23(30-11-8-18(24)9-12-30)29-22(31)26-13-17-6-3-5-16-7-4-10-25-20(16)17/h3-7,10,14-15,18H,8-9,11-13,24H2,1-2H3,(H,26,28,29). The maximum atomic E-state index is 6.10. The van der Waals surface area contributed by atoms with E-state index >= 15 is 0 Å². The van der Waals surface area contributed by atoms with E-state index < -0.39 is 0 Å². The van der Waals surface area contributed by atoms with Crippen molar-refractivity contribution in [1.29, 1.82) is 0 Å². The van der Waals surface area contributed by atoms with Gasteiger partial charge in [0.1, 0.15) is 0 Å². The van der Waals surface area contributed by atoms with Crippen LogP contribution in [-0.4, -0.2) is 43.7 Å². The fraction of sp³-hybridized carbons (Fsp3) is 0.391. The lowest BCUT2D eigenvalue weighted by atomic mass is 10.1. The van der Waals surface area contributed by atoms with Crippen LogP contribution in [0.15, 0.2) is 42.7 Å². The zero-order chi connectivity index (χ0) is 21.4. The van der Waals surface area contributed by atoms with Crippen molar-refractivity contribution < 1.29 is 0 Å². The van der Waals surface area contributed by atoms with Crippen LogP contribution in [0.2, 0.25) is 0 Å². The number of piperidine rings is 1. The first kappa shape index (κ1) is 19.7. The van der Waals surface area contributed by atoms with Gasteiger partial charge in [0.05, 0.1) is 11.7 Å². The Balaban J connectivity index is 1.52. The second-order valence-electron chi connectivity index (χ2n) is 8.51. The van der Waals surface area contributed by atoms with E-state index in [1.54, 1.807) is 0 Å². The Morgan fingerprint density at radius 1 is 1.13 bits per heavy atom. The molecule has 0 amide bonds. The number of nitrogens with two attached hydrogens (primary N) is 1. The van der Waals surface area contributed by atoms with Crippen LogP contribution in [0, 0.1) is 0 Å². The third-order valence-electron chi connectivity index (χ3n) is 5.98. The topological polar surface area (TPSA) is 97.3 Å². The molecular formula is C23H28N8. The molecule has 5 rings (SSSR count). The number of hydrogen-bond donors (Lipinski definition) is 2. The summed E-state index contributed by atoms with van der Waals surface area (Å²) in [6, 6.07) is 10.5. The number of para-hydroxylation sites is 1. The van der Waals surface area contributed by atoms with Crippen LogP contribution >= 0.6 is 0 Å². The average molecular weight is 417 g/mol. The average Bonchev–Trinajstić information content (AvgIpc) is 3.22. The highest BCUT2D eigenvalue weighted by Crippen LogP contribution is 2.25. The van der Waals surface area contributed by atoms with Gasteiger partial charge in [-0.15, -0.1) is 0 Å². The van der Waals surface area contributed by atoms with Crippen molar-refractivity contribution in [3.63, 3.8) is 0 Å². The summed E-state index contributed by atoms with van der Waals surface area (Å²) in [5, 5.41) is 9.21. The van der Waals surface area contributed by atoms with Gasteiger partial charge in [-0.25, -0.2) is 0 Å². The molecule has 0 spiro atoms. The molecule has 0 radical (unpaired) electrons. The molecule has 0 atom stereocenters. The van der Waals surface area contributed by atoms with Crippen LogP contribution in [0.1, 0.15) is 43.7 Å². The molecule has 3 aromatic heterocycles. The Hall–Kier alpha value is -3.26. The predicted octanol–water partition coefficient (Wildman–Crippen LogP) is 3.34. The molecule has 1 aliphatic heterocycles. The molecule has 3 N–H and O–H groups in total. The van der Waals surface area contributed by atoms with Gasteiger partial charge in [0.2, 0.25) is 11.9 Å². The number of hydrogen-bond acceptors (Lipinski definition) is 7. The fourth-order valence-corrected chi connectivity index (χ4v) is 4.13. The van der Waals surface area contributed by atoms with Gasteiger partial charge in [-0.3, -0.25) is 4.98 Å². The van der Waals surface area contributed by atoms with Crippen molar-refractivity contribution in [2.75, 3.05) is 23.3 Å². The molecule has 1 saturated heterocycles. The zero-order valence-corrected chi connectivity index (χ0v) is 18.0. The minimum Gasteiger partial charge on any atom is -0.350 e. The molecule has 4 heterocycles.